The molecular weight excluding hydrogens is 1560 g/mol. The van der Waals surface area contributed by atoms with Gasteiger partial charge in [-0.1, -0.05) is 273 Å². The molecule has 5 heterocycles. The number of hydrogen-bond donors (Lipinski definition) is 3. The third-order valence-corrected chi connectivity index (χ3v) is 22.4. The van der Waals surface area contributed by atoms with Gasteiger partial charge in [0.15, 0.2) is 31.3 Å². The molecule has 14 rings (SSSR count). The number of esters is 1. The van der Waals surface area contributed by atoms with Gasteiger partial charge in [-0.25, -0.2) is 0 Å². The van der Waals surface area contributed by atoms with Crippen LogP contribution in [-0.4, -0.2) is 189 Å². The number of hydrogen-bond acceptors (Lipinski definition) is 23. The molecule has 0 spiro atoms. The van der Waals surface area contributed by atoms with E-state index in [9.17, 15) is 19.8 Å². The number of rotatable bonds is 39. The van der Waals surface area contributed by atoms with Gasteiger partial charge in [-0.15, -0.1) is 0 Å². The topological polar surface area (TPSA) is 262 Å². The van der Waals surface area contributed by atoms with Crippen molar-refractivity contribution < 1.29 is 110 Å². The van der Waals surface area contributed by atoms with Gasteiger partial charge in [-0.2, -0.15) is 0 Å². The van der Waals surface area contributed by atoms with E-state index in [1.807, 2.05) is 294 Å². The summed E-state index contributed by atoms with van der Waals surface area (Å²) < 4.78 is 136. The van der Waals surface area contributed by atoms with Gasteiger partial charge in [-0.3, -0.25) is 9.59 Å². The quantitative estimate of drug-likeness (QED) is 0.0302. The maximum absolute atomic E-state index is 14.4. The first kappa shape index (κ1) is 89.4. The van der Waals surface area contributed by atoms with Crippen LogP contribution in [0.25, 0.3) is 0 Å². The minimum Gasteiger partial charge on any atom is -0.454 e. The number of aliphatic hydroxyl groups is 2. The van der Waals surface area contributed by atoms with Crippen LogP contribution in [0, 0.1) is 0 Å². The Bertz CT molecular complexity index is 4510. The summed E-state index contributed by atoms with van der Waals surface area (Å²) in [5.41, 5.74) is 7.74. The molecule has 25 atom stereocenters. The fourth-order valence-corrected chi connectivity index (χ4v) is 16.3. The number of amides is 1. The lowest BCUT2D eigenvalue weighted by Gasteiger charge is -2.53. The van der Waals surface area contributed by atoms with E-state index < -0.39 is 172 Å². The highest BCUT2D eigenvalue weighted by Gasteiger charge is 2.60. The minimum absolute atomic E-state index is 0.00676. The molecule has 5 aliphatic rings. The van der Waals surface area contributed by atoms with Crippen molar-refractivity contribution in [2.75, 3.05) is 13.2 Å². The van der Waals surface area contributed by atoms with E-state index in [0.29, 0.717) is 0 Å². The van der Waals surface area contributed by atoms with Gasteiger partial charge >= 0.3 is 5.97 Å². The smallest absolute Gasteiger partial charge is 0.303 e. The highest BCUT2D eigenvalue weighted by atomic mass is 16.8. The third kappa shape index (κ3) is 24.4. The maximum Gasteiger partial charge on any atom is 0.303 e. The molecule has 9 aromatic carbocycles. The molecule has 122 heavy (non-hydrogen) atoms. The van der Waals surface area contributed by atoms with Crippen molar-refractivity contribution in [1.82, 2.24) is 5.32 Å². The van der Waals surface area contributed by atoms with Gasteiger partial charge in [0.05, 0.1) is 97.1 Å². The van der Waals surface area contributed by atoms with Crippen LogP contribution in [0.3, 0.4) is 0 Å². The number of carbonyl (C=O) groups is 2. The lowest BCUT2D eigenvalue weighted by molar-refractivity contribution is -0.405. The van der Waals surface area contributed by atoms with Crippen molar-refractivity contribution >= 4 is 11.9 Å². The van der Waals surface area contributed by atoms with Crippen molar-refractivity contribution in [3.8, 4) is 0 Å². The second-order valence-electron chi connectivity index (χ2n) is 31.5. The number of ether oxygens (including phenoxy) is 19. The Morgan fingerprint density at radius 3 is 0.951 bits per heavy atom. The molecule has 0 bridgehead atoms. The molecule has 3 N–H and O–H groups in total. The van der Waals surface area contributed by atoms with E-state index in [1.54, 1.807) is 6.92 Å². The summed E-state index contributed by atoms with van der Waals surface area (Å²) in [7, 11) is 0. The first-order valence-corrected chi connectivity index (χ1v) is 42.1. The van der Waals surface area contributed by atoms with Crippen LogP contribution in [0.2, 0.25) is 0 Å². The van der Waals surface area contributed by atoms with Crippen LogP contribution >= 0.6 is 0 Å². The Balaban J connectivity index is 0.905. The molecule has 5 saturated heterocycles. The zero-order valence-electron chi connectivity index (χ0n) is 69.7. The second kappa shape index (κ2) is 45.1. The largest absolute Gasteiger partial charge is 0.454 e. The molecule has 9 aromatic rings. The normalized spacial score (nSPS) is 30.4. The van der Waals surface area contributed by atoms with Gasteiger partial charge in [-0.05, 0) is 77.8 Å². The van der Waals surface area contributed by atoms with Crippen molar-refractivity contribution in [3.05, 3.63) is 323 Å². The molecule has 24 nitrogen and oxygen atoms in total. The molecule has 0 saturated carbocycles. The number of carbonyl (C=O) groups excluding carboxylic acids is 2. The van der Waals surface area contributed by atoms with E-state index >= 15 is 0 Å². The summed E-state index contributed by atoms with van der Waals surface area (Å²) in [5.74, 6) is -1.34. The molecule has 0 aromatic heterocycles. The Labute approximate surface area is 714 Å². The average molecular weight is 1670 g/mol. The van der Waals surface area contributed by atoms with E-state index in [4.69, 9.17) is 90.0 Å². The van der Waals surface area contributed by atoms with Gasteiger partial charge in [0.2, 0.25) is 5.91 Å². The molecule has 648 valence electrons. The van der Waals surface area contributed by atoms with E-state index in [0.717, 1.165) is 50.1 Å². The van der Waals surface area contributed by atoms with E-state index in [-0.39, 0.29) is 66.1 Å². The summed E-state index contributed by atoms with van der Waals surface area (Å²) in [6, 6.07) is 85.9. The van der Waals surface area contributed by atoms with Crippen LogP contribution in [0.4, 0.5) is 0 Å². The van der Waals surface area contributed by atoms with Crippen LogP contribution in [0.15, 0.2) is 273 Å². The first-order valence-electron chi connectivity index (χ1n) is 42.1. The fraction of sp³-hybridized carbons (Fsp3) is 0.429. The highest BCUT2D eigenvalue weighted by Crippen LogP contribution is 2.42. The van der Waals surface area contributed by atoms with Crippen LogP contribution < -0.4 is 5.32 Å². The molecule has 0 radical (unpaired) electrons. The van der Waals surface area contributed by atoms with Gasteiger partial charge in [0.1, 0.15) is 97.6 Å². The summed E-state index contributed by atoms with van der Waals surface area (Å²) in [4.78, 5) is 28.1. The fourth-order valence-electron chi connectivity index (χ4n) is 16.3. The van der Waals surface area contributed by atoms with Crippen molar-refractivity contribution in [3.63, 3.8) is 0 Å². The summed E-state index contributed by atoms with van der Waals surface area (Å²) in [6.45, 7) is 10.1. The predicted octanol–water partition coefficient (Wildman–Crippen LogP) is 13.0. The van der Waals surface area contributed by atoms with E-state index in [2.05, 4.69) is 5.32 Å². The molecule has 5 aliphatic heterocycles. The van der Waals surface area contributed by atoms with E-state index in [1.165, 1.54) is 13.8 Å². The highest BCUT2D eigenvalue weighted by molar-refractivity contribution is 5.73. The SMILES string of the molecule is CC(=O)NC1[C@H](OC2[C@H](OC3[C@H](C)OC(C)[C@H](OCc4ccccc4)[C@@H]3OCc3ccccc3)OC(C)[C@H](OCc3ccccc3)[C@@H]2O[C@H]2O[C@@H](COCc3ccccc3)[C@@H](OCc3ccccc3)C(OCc3ccccc3)C2OCc2ccccc2)OC(CO)[C@@H](O)[C@@H]1O[C@@H]1OC(C)[C@H](OCc2ccccc2)[C@H](OCc2ccccc2)C1OC(C)=O. The first-order chi connectivity index (χ1) is 59.7. The minimum atomic E-state index is -1.78. The monoisotopic (exact) mass is 1670 g/mol. The van der Waals surface area contributed by atoms with Crippen molar-refractivity contribution in [1.29, 1.82) is 0 Å². The predicted molar refractivity (Wildman–Crippen MR) is 448 cm³/mol. The zero-order chi connectivity index (χ0) is 84.5. The van der Waals surface area contributed by atoms with Gasteiger partial charge < -0.3 is 106 Å². The zero-order valence-corrected chi connectivity index (χ0v) is 69.7. The number of nitrogens with one attached hydrogen (secondary N) is 1. The molecular formula is C98H113NO23. The van der Waals surface area contributed by atoms with Crippen molar-refractivity contribution in [2.45, 2.75) is 254 Å². The molecule has 0 aliphatic carbocycles. The molecule has 1 amide bonds. The summed E-state index contributed by atoms with van der Waals surface area (Å²) in [6.07, 6.45) is -28.9. The standard InChI is InChI=1S/C98H113NO23/c1-63-82(105-54-70-36-18-8-19-37-70)88(109-58-74-44-26-12-27-45-74)85(66(4)113-63)119-98-94(122-95-80(99-67(5)101)87(81(103)78(52-100)117-95)120-97-93(116-68(6)102)89(110-59-75-46-28-13-29-47-75)83(64(2)114-97)106-55-71-38-20-9-21-39-71)91(84(65(3)115-98)107-56-72-40-22-10-23-41-72)121-96-92(112-61-77-50-32-15-33-51-77)90(111-60-76-48-30-14-31-49-76)86(108-57-73-42-24-11-25-43-73)79(118-96)62-104-53-69-34-16-7-17-35-69/h7-51,63-66,78-98,100,103H,52-62H2,1-6H3,(H,99,101)/t63?,64?,65?,66-,78?,79-,80?,81+,82-,83-,84-,85?,86+,87+,88-,89-,90?,91-,92?,93?,94?,95-,96+,97-,98-/m0/s1. The summed E-state index contributed by atoms with van der Waals surface area (Å²) >= 11 is 0. The Morgan fingerprint density at radius 1 is 0.295 bits per heavy atom. The summed E-state index contributed by atoms with van der Waals surface area (Å²) in [5, 5.41) is 27.7. The Hall–Kier alpha value is -8.88. The molecule has 10 unspecified atom stereocenters. The number of aliphatic hydroxyl groups excluding tert-OH is 2. The lowest BCUT2D eigenvalue weighted by atomic mass is 9.93. The molecule has 5 fully saturated rings. The second-order valence-corrected chi connectivity index (χ2v) is 31.5. The van der Waals surface area contributed by atoms with Gasteiger partial charge in [0, 0.05) is 13.8 Å². The molecule has 24 heteroatoms. The number of benzene rings is 9. The van der Waals surface area contributed by atoms with Crippen LogP contribution in [-0.2, 0) is 159 Å². The van der Waals surface area contributed by atoms with Crippen LogP contribution in [0.5, 0.6) is 0 Å². The Kier molecular flexibility index (Phi) is 33.1. The van der Waals surface area contributed by atoms with Crippen LogP contribution in [0.1, 0.15) is 91.6 Å². The average Bonchev–Trinajstić information content (AvgIpc) is 0.754. The van der Waals surface area contributed by atoms with Gasteiger partial charge in [0.25, 0.3) is 0 Å². The lowest BCUT2D eigenvalue weighted by Crippen LogP contribution is -2.71. The maximum atomic E-state index is 14.4. The van der Waals surface area contributed by atoms with Crippen molar-refractivity contribution in [2.24, 2.45) is 0 Å². The Morgan fingerprint density at radius 2 is 0.574 bits per heavy atom. The third-order valence-electron chi connectivity index (χ3n) is 22.4.